The minimum absolute atomic E-state index is 0.504. The number of amidine groups is 1. The summed E-state index contributed by atoms with van der Waals surface area (Å²) in [7, 11) is 7.82. The van der Waals surface area contributed by atoms with Gasteiger partial charge in [-0.15, -0.1) is 0 Å². The Bertz CT molecular complexity index is 508. The van der Waals surface area contributed by atoms with Crippen molar-refractivity contribution in [2.45, 2.75) is 0 Å². The average molecular weight is 263 g/mol. The Morgan fingerprint density at radius 1 is 1.00 bits per heavy atom. The summed E-state index contributed by atoms with van der Waals surface area (Å²) in [6.07, 6.45) is 0. The molecule has 0 aromatic heterocycles. The fraction of sp³-hybridized carbons (Fsp3) is 0.333. The normalized spacial score (nSPS) is 19.1. The van der Waals surface area contributed by atoms with Gasteiger partial charge in [0.15, 0.2) is 5.84 Å². The molecular weight excluding hydrogens is 246 g/mol. The summed E-state index contributed by atoms with van der Waals surface area (Å²) in [5.74, 6) is 1.45. The molecule has 2 rings (SSSR count). The highest BCUT2D eigenvalue weighted by Crippen LogP contribution is 2.11. The van der Waals surface area contributed by atoms with Crippen LogP contribution >= 0.6 is 0 Å². The van der Waals surface area contributed by atoms with Gasteiger partial charge in [-0.25, -0.2) is 4.31 Å². The van der Waals surface area contributed by atoms with Crippen LogP contribution in [0.5, 0.6) is 0 Å². The zero-order chi connectivity index (χ0) is 13.1. The second-order valence-electron chi connectivity index (χ2n) is 4.24. The van der Waals surface area contributed by atoms with Crippen LogP contribution in [0, 0.1) is 0 Å². The Kier molecular flexibility index (Phi) is 3.88. The van der Waals surface area contributed by atoms with Gasteiger partial charge in [0.2, 0.25) is 5.96 Å². The molecule has 18 heavy (non-hydrogen) atoms. The van der Waals surface area contributed by atoms with Gasteiger partial charge in [0.1, 0.15) is 11.1 Å². The highest BCUT2D eigenvalue weighted by atomic mass is 32.2. The lowest BCUT2D eigenvalue weighted by Gasteiger charge is -2.19. The van der Waals surface area contributed by atoms with Crippen molar-refractivity contribution in [3.05, 3.63) is 35.9 Å². The Balaban J connectivity index is 2.45. The smallest absolute Gasteiger partial charge is 0.235 e. The first kappa shape index (κ1) is 12.9. The van der Waals surface area contributed by atoms with Gasteiger partial charge in [-0.05, 0) is 14.1 Å². The van der Waals surface area contributed by atoms with E-state index in [4.69, 9.17) is 0 Å². The van der Waals surface area contributed by atoms with E-state index in [1.165, 1.54) is 0 Å². The molecule has 1 unspecified atom stereocenters. The molecule has 1 atom stereocenters. The SMILES string of the molecule is CN(C)C1=NC(c2ccccc2)=NS(N(C)C)=N1. The third-order valence-electron chi connectivity index (χ3n) is 2.30. The number of rotatable bonds is 2. The molecule has 5 nitrogen and oxygen atoms in total. The van der Waals surface area contributed by atoms with Crippen molar-refractivity contribution in [2.75, 3.05) is 28.2 Å². The molecule has 1 aromatic carbocycles. The van der Waals surface area contributed by atoms with Gasteiger partial charge in [-0.1, -0.05) is 30.3 Å². The lowest BCUT2D eigenvalue weighted by Crippen LogP contribution is -2.27. The molecule has 1 heterocycles. The first-order valence-corrected chi connectivity index (χ1v) is 6.71. The van der Waals surface area contributed by atoms with E-state index in [0.29, 0.717) is 5.96 Å². The third-order valence-corrected chi connectivity index (χ3v) is 3.61. The summed E-state index contributed by atoms with van der Waals surface area (Å²) in [6.45, 7) is 0. The zero-order valence-electron chi connectivity index (χ0n) is 11.0. The Labute approximate surface area is 110 Å². The molecule has 0 radical (unpaired) electrons. The summed E-state index contributed by atoms with van der Waals surface area (Å²) < 4.78 is 11.1. The number of nitrogens with zero attached hydrogens (tertiary/aromatic N) is 5. The summed E-state index contributed by atoms with van der Waals surface area (Å²) in [5.41, 5.74) is 1.02. The predicted molar refractivity (Wildman–Crippen MR) is 77.6 cm³/mol. The molecule has 1 aliphatic rings. The maximum atomic E-state index is 4.57. The topological polar surface area (TPSA) is 43.6 Å². The monoisotopic (exact) mass is 263 g/mol. The van der Waals surface area contributed by atoms with Crippen molar-refractivity contribution in [3.8, 4) is 0 Å². The Morgan fingerprint density at radius 3 is 2.22 bits per heavy atom. The largest absolute Gasteiger partial charge is 0.346 e. The standard InChI is InChI=1S/C12H17N5S/c1-16(2)12-13-11(10-8-6-5-7-9-10)14-18(15-12)17(3)4/h5-9H,1-4H3. The van der Waals surface area contributed by atoms with Crippen LogP contribution in [0.1, 0.15) is 5.56 Å². The molecule has 0 aliphatic carbocycles. The third kappa shape index (κ3) is 2.83. The minimum Gasteiger partial charge on any atom is -0.346 e. The van der Waals surface area contributed by atoms with Crippen LogP contribution in [0.4, 0.5) is 0 Å². The number of guanidine groups is 1. The fourth-order valence-electron chi connectivity index (χ4n) is 1.36. The second kappa shape index (κ2) is 5.41. The van der Waals surface area contributed by atoms with Gasteiger partial charge in [0.05, 0.1) is 0 Å². The number of aliphatic imine (C=N–C) groups is 1. The zero-order valence-corrected chi connectivity index (χ0v) is 11.8. The molecule has 6 heteroatoms. The molecule has 1 aromatic rings. The van der Waals surface area contributed by atoms with E-state index in [2.05, 4.69) is 13.8 Å². The summed E-state index contributed by atoms with van der Waals surface area (Å²) >= 11 is -0.504. The van der Waals surface area contributed by atoms with Crippen molar-refractivity contribution in [1.29, 1.82) is 0 Å². The molecule has 0 bridgehead atoms. The summed E-state index contributed by atoms with van der Waals surface area (Å²) in [4.78, 5) is 6.39. The van der Waals surface area contributed by atoms with E-state index in [1.807, 2.05) is 67.7 Å². The molecule has 0 saturated heterocycles. The number of hydrogen-bond donors (Lipinski definition) is 0. The van der Waals surface area contributed by atoms with Crippen LogP contribution in [0.25, 0.3) is 0 Å². The van der Waals surface area contributed by atoms with E-state index < -0.39 is 11.1 Å². The van der Waals surface area contributed by atoms with Crippen LogP contribution in [-0.4, -0.2) is 49.2 Å². The molecule has 0 amide bonds. The molecule has 0 saturated carbocycles. The van der Waals surface area contributed by atoms with E-state index >= 15 is 0 Å². The first-order chi connectivity index (χ1) is 8.58. The van der Waals surface area contributed by atoms with Crippen LogP contribution < -0.4 is 0 Å². The summed E-state index contributed by atoms with van der Waals surface area (Å²) in [6, 6.07) is 9.99. The molecule has 1 aliphatic heterocycles. The van der Waals surface area contributed by atoms with Crippen molar-refractivity contribution >= 4 is 22.9 Å². The van der Waals surface area contributed by atoms with Crippen molar-refractivity contribution < 1.29 is 0 Å². The first-order valence-electron chi connectivity index (χ1n) is 5.62. The van der Waals surface area contributed by atoms with Crippen LogP contribution in [0.2, 0.25) is 0 Å². The van der Waals surface area contributed by atoms with Crippen LogP contribution in [0.15, 0.2) is 44.1 Å². The lowest BCUT2D eigenvalue weighted by atomic mass is 10.2. The van der Waals surface area contributed by atoms with Crippen molar-refractivity contribution in [3.63, 3.8) is 0 Å². The van der Waals surface area contributed by atoms with Gasteiger partial charge < -0.3 is 4.90 Å². The predicted octanol–water partition coefficient (Wildman–Crippen LogP) is 1.56. The van der Waals surface area contributed by atoms with Gasteiger partial charge in [-0.2, -0.15) is 13.8 Å². The molecule has 0 fully saturated rings. The van der Waals surface area contributed by atoms with E-state index in [1.54, 1.807) is 0 Å². The van der Waals surface area contributed by atoms with E-state index in [-0.39, 0.29) is 0 Å². The molecular formula is C12H17N5S. The molecule has 0 N–H and O–H groups in total. The number of hydrogen-bond acceptors (Lipinski definition) is 5. The lowest BCUT2D eigenvalue weighted by molar-refractivity contribution is 0.614. The minimum atomic E-state index is -0.504. The fourth-order valence-corrected chi connectivity index (χ4v) is 2.37. The van der Waals surface area contributed by atoms with Gasteiger partial charge >= 0.3 is 0 Å². The molecule has 0 spiro atoms. The molecule has 96 valence electrons. The van der Waals surface area contributed by atoms with E-state index in [9.17, 15) is 0 Å². The summed E-state index contributed by atoms with van der Waals surface area (Å²) in [5, 5.41) is 0. The van der Waals surface area contributed by atoms with Crippen molar-refractivity contribution in [2.24, 2.45) is 13.8 Å². The highest BCUT2D eigenvalue weighted by Gasteiger charge is 2.14. The maximum Gasteiger partial charge on any atom is 0.235 e. The van der Waals surface area contributed by atoms with Crippen molar-refractivity contribution in [1.82, 2.24) is 9.21 Å². The number of benzene rings is 1. The Morgan fingerprint density at radius 2 is 1.67 bits per heavy atom. The van der Waals surface area contributed by atoms with Crippen LogP contribution in [-0.2, 0) is 11.1 Å². The quantitative estimate of drug-likeness (QED) is 0.812. The van der Waals surface area contributed by atoms with Gasteiger partial charge in [0, 0.05) is 19.7 Å². The Hall–Kier alpha value is -1.53. The average Bonchev–Trinajstić information content (AvgIpc) is 2.39. The maximum absolute atomic E-state index is 4.57. The second-order valence-corrected chi connectivity index (χ2v) is 5.82. The van der Waals surface area contributed by atoms with Gasteiger partial charge in [0.25, 0.3) is 0 Å². The van der Waals surface area contributed by atoms with Crippen LogP contribution in [0.3, 0.4) is 0 Å². The van der Waals surface area contributed by atoms with E-state index in [0.717, 1.165) is 11.4 Å². The van der Waals surface area contributed by atoms with Gasteiger partial charge in [-0.3, -0.25) is 0 Å². The highest BCUT2D eigenvalue weighted by molar-refractivity contribution is 7.84.